The lowest BCUT2D eigenvalue weighted by molar-refractivity contribution is -0.136. The molecule has 0 bridgehead atoms. The Morgan fingerprint density at radius 1 is 0.962 bits per heavy atom. The van der Waals surface area contributed by atoms with Gasteiger partial charge < -0.3 is 5.11 Å². The minimum atomic E-state index is -0.903. The van der Waals surface area contributed by atoms with Crippen LogP contribution in [0.1, 0.15) is 80.9 Å². The van der Waals surface area contributed by atoms with E-state index >= 15 is 0 Å². The average molecular weight is 399 g/mol. The Hall–Kier alpha value is -0.730. The lowest BCUT2D eigenvalue weighted by Gasteiger charge is -2.20. The first kappa shape index (κ1) is 21.6. The monoisotopic (exact) mass is 398 g/mol. The number of hydrogen-bond donors (Lipinski definition) is 1. The van der Waals surface area contributed by atoms with Crippen LogP contribution in [-0.4, -0.2) is 21.8 Å². The molecule has 26 heavy (non-hydrogen) atoms. The maximum absolute atomic E-state index is 10.6. The predicted octanol–water partition coefficient (Wildman–Crippen LogP) is 6.53. The van der Waals surface area contributed by atoms with Crippen molar-refractivity contribution < 1.29 is 9.90 Å². The molecule has 0 aromatic heterocycles. The van der Waals surface area contributed by atoms with Gasteiger partial charge in [-0.2, -0.15) is 0 Å². The fourth-order valence-electron chi connectivity index (χ4n) is 3.91. The molecular formula is C22H32Cl2O2. The first-order chi connectivity index (χ1) is 12.6. The second-order valence-electron chi connectivity index (χ2n) is 7.57. The molecule has 4 heteroatoms. The number of halogens is 2. The minimum Gasteiger partial charge on any atom is -0.480 e. The molecule has 0 saturated heterocycles. The van der Waals surface area contributed by atoms with Crippen LogP contribution in [0.25, 0.3) is 0 Å². The molecule has 1 aliphatic rings. The number of hydrogen-bond acceptors (Lipinski definition) is 1. The van der Waals surface area contributed by atoms with Gasteiger partial charge in [0.1, 0.15) is 5.38 Å². The molecule has 1 aromatic carbocycles. The first-order valence-electron chi connectivity index (χ1n) is 10.2. The highest BCUT2D eigenvalue weighted by Gasteiger charge is 2.15. The number of aliphatic carboxylic acids is 1. The van der Waals surface area contributed by atoms with E-state index in [0.29, 0.717) is 6.42 Å². The summed E-state index contributed by atoms with van der Waals surface area (Å²) in [6, 6.07) is 6.74. The topological polar surface area (TPSA) is 37.3 Å². The Labute approximate surface area is 168 Å². The van der Waals surface area contributed by atoms with Gasteiger partial charge in [-0.3, -0.25) is 4.79 Å². The van der Waals surface area contributed by atoms with Crippen LogP contribution in [0.5, 0.6) is 0 Å². The van der Waals surface area contributed by atoms with Crippen LogP contribution < -0.4 is 0 Å². The molecule has 1 aromatic rings. The molecule has 0 saturated carbocycles. The second-order valence-corrected chi connectivity index (χ2v) is 8.71. The molecule has 0 spiro atoms. The molecule has 0 amide bonds. The van der Waals surface area contributed by atoms with Crippen LogP contribution in [0.2, 0.25) is 0 Å². The van der Waals surface area contributed by atoms with Gasteiger partial charge in [-0.25, -0.2) is 0 Å². The summed E-state index contributed by atoms with van der Waals surface area (Å²) in [5.74, 6) is -0.903. The Bertz CT molecular complexity index is 559. The maximum atomic E-state index is 10.6. The first-order valence-corrected chi connectivity index (χ1v) is 11.1. The van der Waals surface area contributed by atoms with Gasteiger partial charge >= 0.3 is 5.97 Å². The smallest absolute Gasteiger partial charge is 0.321 e. The summed E-state index contributed by atoms with van der Waals surface area (Å²) < 4.78 is 0. The molecule has 0 heterocycles. The van der Waals surface area contributed by atoms with E-state index in [1.54, 1.807) is 11.1 Å². The van der Waals surface area contributed by atoms with E-state index in [1.165, 1.54) is 50.5 Å². The van der Waals surface area contributed by atoms with Crippen molar-refractivity contribution in [1.82, 2.24) is 0 Å². The highest BCUT2D eigenvalue weighted by molar-refractivity contribution is 6.29. The van der Waals surface area contributed by atoms with E-state index in [2.05, 4.69) is 18.2 Å². The molecule has 0 radical (unpaired) electrons. The number of rotatable bonds is 12. The zero-order valence-electron chi connectivity index (χ0n) is 15.7. The molecule has 146 valence electrons. The number of fused-ring (bicyclic) bond motifs is 1. The van der Waals surface area contributed by atoms with E-state index in [4.69, 9.17) is 28.3 Å². The summed E-state index contributed by atoms with van der Waals surface area (Å²) in [7, 11) is 0. The summed E-state index contributed by atoms with van der Waals surface area (Å²) in [6.07, 6.45) is 14.4. The molecule has 0 aliphatic heterocycles. The molecule has 2 atom stereocenters. The third kappa shape index (κ3) is 7.48. The molecule has 2 rings (SSSR count). The molecule has 1 N–H and O–H groups in total. The molecule has 0 fully saturated rings. The van der Waals surface area contributed by atoms with Gasteiger partial charge in [-0.1, -0.05) is 56.7 Å². The van der Waals surface area contributed by atoms with Gasteiger partial charge in [0.15, 0.2) is 0 Å². The van der Waals surface area contributed by atoms with Crippen molar-refractivity contribution in [2.75, 3.05) is 0 Å². The Morgan fingerprint density at radius 3 is 2.35 bits per heavy atom. The third-order valence-electron chi connectivity index (χ3n) is 5.43. The fraction of sp³-hybridized carbons (Fsp3) is 0.682. The number of alkyl halides is 2. The van der Waals surface area contributed by atoms with Crippen molar-refractivity contribution in [3.05, 3.63) is 34.9 Å². The van der Waals surface area contributed by atoms with Gasteiger partial charge in [0.25, 0.3) is 0 Å². The van der Waals surface area contributed by atoms with E-state index < -0.39 is 11.3 Å². The molecule has 2 unspecified atom stereocenters. The van der Waals surface area contributed by atoms with Gasteiger partial charge in [0.2, 0.25) is 0 Å². The van der Waals surface area contributed by atoms with Gasteiger partial charge in [-0.15, -0.1) is 23.2 Å². The normalized spacial score (nSPS) is 16.1. The lowest BCUT2D eigenvalue weighted by atomic mass is 9.86. The zero-order chi connectivity index (χ0) is 18.8. The van der Waals surface area contributed by atoms with E-state index in [9.17, 15) is 4.79 Å². The number of carboxylic acid groups (broad SMARTS) is 1. The van der Waals surface area contributed by atoms with Gasteiger partial charge in [0.05, 0.1) is 0 Å². The average Bonchev–Trinajstić information content (AvgIpc) is 2.64. The number of carboxylic acids is 1. The van der Waals surface area contributed by atoms with Crippen molar-refractivity contribution in [3.8, 4) is 0 Å². The van der Waals surface area contributed by atoms with Crippen molar-refractivity contribution in [2.45, 2.75) is 94.2 Å². The van der Waals surface area contributed by atoms with Crippen LogP contribution in [-0.2, 0) is 24.1 Å². The van der Waals surface area contributed by atoms with Crippen molar-refractivity contribution in [1.29, 1.82) is 0 Å². The number of aryl methyl sites for hydroxylation is 1. The predicted molar refractivity (Wildman–Crippen MR) is 111 cm³/mol. The van der Waals surface area contributed by atoms with Crippen molar-refractivity contribution >= 4 is 29.2 Å². The number of benzene rings is 1. The quantitative estimate of drug-likeness (QED) is 0.321. The van der Waals surface area contributed by atoms with E-state index in [0.717, 1.165) is 32.1 Å². The summed E-state index contributed by atoms with van der Waals surface area (Å²) in [6.45, 7) is 0. The van der Waals surface area contributed by atoms with Crippen LogP contribution in [0.4, 0.5) is 0 Å². The highest BCUT2D eigenvalue weighted by Crippen LogP contribution is 2.27. The highest BCUT2D eigenvalue weighted by atomic mass is 35.5. The maximum Gasteiger partial charge on any atom is 0.321 e. The molecule has 2 nitrogen and oxygen atoms in total. The summed E-state index contributed by atoms with van der Waals surface area (Å²) in [5, 5.41) is 8.24. The van der Waals surface area contributed by atoms with Gasteiger partial charge in [-0.05, 0) is 61.6 Å². The van der Waals surface area contributed by atoms with E-state index in [-0.39, 0.29) is 5.38 Å². The Morgan fingerprint density at radius 2 is 1.62 bits per heavy atom. The number of carbonyl (C=O) groups is 1. The van der Waals surface area contributed by atoms with Crippen molar-refractivity contribution in [3.63, 3.8) is 0 Å². The SMILES string of the molecule is O=C(O)C(Cl)CCCCCCCCC(Cl)Cc1cccc2c1CCCC2. The van der Waals surface area contributed by atoms with Crippen LogP contribution >= 0.6 is 23.2 Å². The summed E-state index contributed by atoms with van der Waals surface area (Å²) in [4.78, 5) is 10.6. The zero-order valence-corrected chi connectivity index (χ0v) is 17.2. The third-order valence-corrected chi connectivity index (χ3v) is 6.20. The van der Waals surface area contributed by atoms with Crippen molar-refractivity contribution in [2.24, 2.45) is 0 Å². The second kappa shape index (κ2) is 11.9. The fourth-order valence-corrected chi connectivity index (χ4v) is 4.39. The van der Waals surface area contributed by atoms with E-state index in [1.807, 2.05) is 0 Å². The standard InChI is InChI=1S/C22H32Cl2O2/c23-19(13-5-3-1-2-4-6-15-21(24)22(25)26)16-18-12-9-11-17-10-7-8-14-20(17)18/h9,11-12,19,21H,1-8,10,13-16H2,(H,25,26). The molecular weight excluding hydrogens is 367 g/mol. The van der Waals surface area contributed by atoms with Gasteiger partial charge in [0, 0.05) is 5.38 Å². The minimum absolute atomic E-state index is 0.232. The van der Waals surface area contributed by atoms with Crippen LogP contribution in [0.15, 0.2) is 18.2 Å². The summed E-state index contributed by atoms with van der Waals surface area (Å²) in [5.41, 5.74) is 4.58. The molecule has 1 aliphatic carbocycles. The lowest BCUT2D eigenvalue weighted by Crippen LogP contribution is -2.12. The van der Waals surface area contributed by atoms with Crippen LogP contribution in [0, 0.1) is 0 Å². The number of unbranched alkanes of at least 4 members (excludes halogenated alkanes) is 5. The van der Waals surface area contributed by atoms with Crippen LogP contribution in [0.3, 0.4) is 0 Å². The summed E-state index contributed by atoms with van der Waals surface area (Å²) >= 11 is 12.3. The largest absolute Gasteiger partial charge is 0.480 e. The Kier molecular flexibility index (Phi) is 9.85. The Balaban J connectivity index is 1.56.